The van der Waals surface area contributed by atoms with Crippen molar-refractivity contribution in [1.82, 2.24) is 20.6 Å². The van der Waals surface area contributed by atoms with Crippen molar-refractivity contribution < 1.29 is 0 Å². The van der Waals surface area contributed by atoms with Crippen molar-refractivity contribution in [1.29, 1.82) is 0 Å². The molecular formula is C3H3Br2N4-. The zero-order valence-corrected chi connectivity index (χ0v) is 7.50. The van der Waals surface area contributed by atoms with Crippen LogP contribution in [0.2, 0.25) is 0 Å². The van der Waals surface area contributed by atoms with E-state index in [4.69, 9.17) is 0 Å². The lowest BCUT2D eigenvalue weighted by Crippen LogP contribution is -1.94. The molecule has 4 nitrogen and oxygen atoms in total. The van der Waals surface area contributed by atoms with Crippen molar-refractivity contribution in [3.8, 4) is 0 Å². The first-order valence-corrected chi connectivity index (χ1v) is 4.27. The monoisotopic (exact) mass is 253 g/mol. The molecule has 0 unspecified atom stereocenters. The van der Waals surface area contributed by atoms with Crippen LogP contribution in [0.25, 0.3) is 0 Å². The fourth-order valence-corrected chi connectivity index (χ4v) is 0.819. The Morgan fingerprint density at radius 1 is 1.67 bits per heavy atom. The van der Waals surface area contributed by atoms with Crippen LogP contribution in [0.1, 0.15) is 10.7 Å². The fraction of sp³-hybridized carbons (Fsp3) is 0.667. The predicted octanol–water partition coefficient (Wildman–Crippen LogP) is 0.660. The molecule has 1 atom stereocenters. The Hall–Kier alpha value is 0.0300. The van der Waals surface area contributed by atoms with E-state index in [2.05, 4.69) is 52.5 Å². The summed E-state index contributed by atoms with van der Waals surface area (Å²) in [5, 5.41) is 14.7. The summed E-state index contributed by atoms with van der Waals surface area (Å²) in [6, 6.07) is 0. The van der Waals surface area contributed by atoms with E-state index in [1.54, 1.807) is 0 Å². The molecule has 0 aliphatic heterocycles. The van der Waals surface area contributed by atoms with Crippen LogP contribution in [-0.4, -0.2) is 20.9 Å². The quantitative estimate of drug-likeness (QED) is 0.728. The van der Waals surface area contributed by atoms with Crippen LogP contribution in [0.5, 0.6) is 0 Å². The molecule has 0 aromatic carbocycles. The van der Waals surface area contributed by atoms with E-state index in [0.717, 1.165) is 5.33 Å². The third kappa shape index (κ3) is 1.72. The van der Waals surface area contributed by atoms with Crippen LogP contribution in [0.3, 0.4) is 0 Å². The van der Waals surface area contributed by atoms with Gasteiger partial charge in [0.2, 0.25) is 0 Å². The second kappa shape index (κ2) is 3.26. The van der Waals surface area contributed by atoms with Crippen molar-refractivity contribution in [2.24, 2.45) is 0 Å². The molecular weight excluding hydrogens is 252 g/mol. The summed E-state index contributed by atoms with van der Waals surface area (Å²) in [5.41, 5.74) is 0. The SMILES string of the molecule is BrC[C@@H](Br)c1nnn[n-]1. The highest BCUT2D eigenvalue weighted by Crippen LogP contribution is 2.18. The van der Waals surface area contributed by atoms with Gasteiger partial charge in [-0.1, -0.05) is 31.9 Å². The zero-order chi connectivity index (χ0) is 6.69. The molecule has 0 spiro atoms. The second-order valence-corrected chi connectivity index (χ2v) is 3.11. The van der Waals surface area contributed by atoms with Gasteiger partial charge in [-0.05, 0) is 0 Å². The molecule has 0 bridgehead atoms. The van der Waals surface area contributed by atoms with E-state index in [-0.39, 0.29) is 4.83 Å². The Morgan fingerprint density at radius 3 is 2.89 bits per heavy atom. The van der Waals surface area contributed by atoms with E-state index in [1.165, 1.54) is 0 Å². The zero-order valence-electron chi connectivity index (χ0n) is 4.33. The standard InChI is InChI=1S/C3H3Br2N4/c4-1-2(5)3-6-8-9-7-3/h2H,1H2/q-1/t2-/m1/s1. The number of alkyl halides is 2. The molecule has 1 aromatic heterocycles. The Balaban J connectivity index is 2.65. The van der Waals surface area contributed by atoms with Crippen LogP contribution in [0, 0.1) is 0 Å². The molecule has 9 heavy (non-hydrogen) atoms. The molecule has 0 radical (unpaired) electrons. The maximum Gasteiger partial charge on any atom is 0.0559 e. The molecule has 0 N–H and O–H groups in total. The molecule has 0 aliphatic carbocycles. The minimum atomic E-state index is 0.118. The number of aromatic nitrogens is 4. The summed E-state index contributed by atoms with van der Waals surface area (Å²) in [7, 11) is 0. The number of rotatable bonds is 2. The van der Waals surface area contributed by atoms with E-state index in [0.29, 0.717) is 5.82 Å². The van der Waals surface area contributed by atoms with Crippen LogP contribution in [-0.2, 0) is 0 Å². The van der Waals surface area contributed by atoms with Crippen molar-refractivity contribution in [2.75, 3.05) is 5.33 Å². The molecule has 50 valence electrons. The minimum absolute atomic E-state index is 0.118. The summed E-state index contributed by atoms with van der Waals surface area (Å²) >= 11 is 6.57. The lowest BCUT2D eigenvalue weighted by atomic mass is 10.5. The Morgan fingerprint density at radius 2 is 2.44 bits per heavy atom. The van der Waals surface area contributed by atoms with E-state index < -0.39 is 0 Å². The average Bonchev–Trinajstić information content (AvgIpc) is 2.37. The second-order valence-electron chi connectivity index (χ2n) is 1.36. The summed E-state index contributed by atoms with van der Waals surface area (Å²) in [5.74, 6) is 0.617. The Bertz CT molecular complexity index is 162. The van der Waals surface area contributed by atoms with Gasteiger partial charge in [0.25, 0.3) is 0 Å². The van der Waals surface area contributed by atoms with Crippen molar-refractivity contribution in [3.05, 3.63) is 5.82 Å². The van der Waals surface area contributed by atoms with Gasteiger partial charge in [0.1, 0.15) is 0 Å². The van der Waals surface area contributed by atoms with Crippen LogP contribution in [0.15, 0.2) is 0 Å². The van der Waals surface area contributed by atoms with Crippen LogP contribution < -0.4 is 5.10 Å². The molecule has 0 aliphatic rings. The van der Waals surface area contributed by atoms with Gasteiger partial charge in [-0.2, -0.15) is 5.21 Å². The average molecular weight is 255 g/mol. The lowest BCUT2D eigenvalue weighted by Gasteiger charge is -2.01. The van der Waals surface area contributed by atoms with E-state index >= 15 is 0 Å². The van der Waals surface area contributed by atoms with Crippen molar-refractivity contribution in [2.45, 2.75) is 4.83 Å². The van der Waals surface area contributed by atoms with Crippen LogP contribution in [0.4, 0.5) is 0 Å². The topological polar surface area (TPSA) is 52.8 Å². The maximum absolute atomic E-state index is 3.64. The minimum Gasteiger partial charge on any atom is -0.334 e. The third-order valence-corrected chi connectivity index (χ3v) is 3.00. The van der Waals surface area contributed by atoms with Gasteiger partial charge < -0.3 is 5.10 Å². The van der Waals surface area contributed by atoms with Crippen molar-refractivity contribution >= 4 is 31.9 Å². The number of halogens is 2. The van der Waals surface area contributed by atoms with E-state index in [1.807, 2.05) is 0 Å². The molecule has 0 amide bonds. The van der Waals surface area contributed by atoms with Gasteiger partial charge in [-0.3, -0.25) is 10.3 Å². The molecule has 1 rings (SSSR count). The maximum atomic E-state index is 3.64. The Labute approximate surface area is 68.7 Å². The number of hydrogen-bond acceptors (Lipinski definition) is 3. The molecule has 6 heteroatoms. The summed E-state index contributed by atoms with van der Waals surface area (Å²) in [6.07, 6.45) is 0. The highest BCUT2D eigenvalue weighted by atomic mass is 79.9. The number of tetrazole rings is 1. The predicted molar refractivity (Wildman–Crippen MR) is 38.6 cm³/mol. The normalized spacial score (nSPS) is 13.6. The summed E-state index contributed by atoms with van der Waals surface area (Å²) in [6.45, 7) is 0. The highest BCUT2D eigenvalue weighted by Gasteiger charge is 2.01. The van der Waals surface area contributed by atoms with Crippen LogP contribution >= 0.6 is 31.9 Å². The van der Waals surface area contributed by atoms with Gasteiger partial charge in [0.15, 0.2) is 0 Å². The van der Waals surface area contributed by atoms with Gasteiger partial charge in [0.05, 0.1) is 4.83 Å². The first-order chi connectivity index (χ1) is 4.34. The van der Waals surface area contributed by atoms with Gasteiger partial charge in [-0.25, -0.2) is 0 Å². The first kappa shape index (κ1) is 7.14. The molecule has 0 saturated heterocycles. The third-order valence-electron chi connectivity index (χ3n) is 0.750. The van der Waals surface area contributed by atoms with E-state index in [9.17, 15) is 0 Å². The number of nitrogens with zero attached hydrogens (tertiary/aromatic N) is 4. The molecule has 1 aromatic rings. The fourth-order valence-electron chi connectivity index (χ4n) is 0.346. The largest absolute Gasteiger partial charge is 0.334 e. The van der Waals surface area contributed by atoms with Gasteiger partial charge in [-0.15, -0.1) is 0 Å². The first-order valence-electron chi connectivity index (χ1n) is 2.23. The van der Waals surface area contributed by atoms with Gasteiger partial charge >= 0.3 is 0 Å². The highest BCUT2D eigenvalue weighted by molar-refractivity contribution is 9.12. The van der Waals surface area contributed by atoms with Crippen molar-refractivity contribution in [3.63, 3.8) is 0 Å². The summed E-state index contributed by atoms with van der Waals surface area (Å²) < 4.78 is 0. The Kier molecular flexibility index (Phi) is 2.59. The smallest absolute Gasteiger partial charge is 0.0559 e. The molecule has 0 saturated carbocycles. The summed E-state index contributed by atoms with van der Waals surface area (Å²) in [4.78, 5) is 0.118. The number of hydrogen-bond donors (Lipinski definition) is 0. The molecule has 0 fully saturated rings. The van der Waals surface area contributed by atoms with Gasteiger partial charge in [0, 0.05) is 11.2 Å². The molecule has 1 heterocycles. The lowest BCUT2D eigenvalue weighted by molar-refractivity contribution is 0.870.